The fourth-order valence-electron chi connectivity index (χ4n) is 5.00. The average Bonchev–Trinajstić information content (AvgIpc) is 2.80. The monoisotopic (exact) mass is 449 g/mol. The molecule has 0 radical (unpaired) electrons. The first-order valence-electron chi connectivity index (χ1n) is 10.7. The number of piperidine rings is 1. The minimum atomic E-state index is -0.149. The van der Waals surface area contributed by atoms with Crippen molar-refractivity contribution in [1.82, 2.24) is 9.47 Å². The number of carbonyl (C=O) groups excluding carboxylic acids is 1. The lowest BCUT2D eigenvalue weighted by Crippen LogP contribution is -2.50. The molecule has 2 aromatic carbocycles. The van der Waals surface area contributed by atoms with Gasteiger partial charge in [0.05, 0.1) is 12.8 Å². The zero-order chi connectivity index (χ0) is 22.2. The van der Waals surface area contributed by atoms with Crippen LogP contribution in [0.5, 0.6) is 5.75 Å². The number of fused-ring (bicyclic) bond motifs is 4. The largest absolute Gasteiger partial charge is 0.495 e. The van der Waals surface area contributed by atoms with Gasteiger partial charge in [-0.1, -0.05) is 35.9 Å². The van der Waals surface area contributed by atoms with E-state index in [9.17, 15) is 9.59 Å². The predicted molar refractivity (Wildman–Crippen MR) is 126 cm³/mol. The standard InChI is InChI=1S/C25H24ClN3O3/c1-32-22-5-3-2-4-21(22)27-25(31)28-13-16-12-18(15-28)24-20(10-11-23(30)29(24)14-16)17-6-8-19(26)9-7-17/h2-11,16,18H,12-15H2,1H3,(H,27,31). The summed E-state index contributed by atoms with van der Waals surface area (Å²) in [6.45, 7) is 1.79. The molecule has 7 heteroatoms. The van der Waals surface area contributed by atoms with E-state index in [2.05, 4.69) is 5.32 Å². The number of nitrogens with zero attached hydrogens (tertiary/aromatic N) is 2. The number of carbonyl (C=O) groups is 1. The van der Waals surface area contributed by atoms with Crippen LogP contribution >= 0.6 is 11.6 Å². The number of pyridine rings is 1. The molecular weight excluding hydrogens is 426 g/mol. The van der Waals surface area contributed by atoms with Crippen molar-refractivity contribution in [2.45, 2.75) is 18.9 Å². The molecule has 32 heavy (non-hydrogen) atoms. The van der Waals surface area contributed by atoms with Crippen LogP contribution in [0.3, 0.4) is 0 Å². The number of ether oxygens (including phenoxy) is 1. The molecule has 2 bridgehead atoms. The van der Waals surface area contributed by atoms with Gasteiger partial charge < -0.3 is 19.5 Å². The molecule has 0 saturated carbocycles. The van der Waals surface area contributed by atoms with E-state index >= 15 is 0 Å². The van der Waals surface area contributed by atoms with Crippen LogP contribution in [-0.2, 0) is 6.54 Å². The Hall–Kier alpha value is -3.25. The molecule has 0 spiro atoms. The maximum atomic E-state index is 13.1. The summed E-state index contributed by atoms with van der Waals surface area (Å²) in [7, 11) is 1.59. The minimum Gasteiger partial charge on any atom is -0.495 e. The third kappa shape index (κ3) is 3.75. The number of hydrogen-bond acceptors (Lipinski definition) is 3. The van der Waals surface area contributed by atoms with Gasteiger partial charge in [-0.15, -0.1) is 0 Å². The summed E-state index contributed by atoms with van der Waals surface area (Å²) in [5, 5.41) is 3.66. The fraction of sp³-hybridized carbons (Fsp3) is 0.280. The topological polar surface area (TPSA) is 63.6 Å². The number of rotatable bonds is 3. The lowest BCUT2D eigenvalue weighted by Gasteiger charge is -2.43. The summed E-state index contributed by atoms with van der Waals surface area (Å²) < 4.78 is 7.26. The van der Waals surface area contributed by atoms with Gasteiger partial charge in [-0.05, 0) is 48.2 Å². The molecule has 3 aromatic rings. The van der Waals surface area contributed by atoms with Crippen molar-refractivity contribution in [1.29, 1.82) is 0 Å². The van der Waals surface area contributed by atoms with Gasteiger partial charge in [-0.25, -0.2) is 4.79 Å². The highest BCUT2D eigenvalue weighted by Gasteiger charge is 2.38. The van der Waals surface area contributed by atoms with E-state index in [1.54, 1.807) is 13.2 Å². The van der Waals surface area contributed by atoms with E-state index < -0.39 is 0 Å². The van der Waals surface area contributed by atoms with E-state index in [0.717, 1.165) is 23.2 Å². The number of nitrogens with one attached hydrogen (secondary N) is 1. The van der Waals surface area contributed by atoms with Crippen molar-refractivity contribution in [3.63, 3.8) is 0 Å². The van der Waals surface area contributed by atoms with Crippen molar-refractivity contribution >= 4 is 23.3 Å². The molecular formula is C25H24ClN3O3. The number of halogens is 1. The Balaban J connectivity index is 1.46. The molecule has 2 aliphatic heterocycles. The zero-order valence-electron chi connectivity index (χ0n) is 17.8. The van der Waals surface area contributed by atoms with Crippen LogP contribution in [0.1, 0.15) is 18.0 Å². The smallest absolute Gasteiger partial charge is 0.321 e. The third-order valence-corrected chi connectivity index (χ3v) is 6.63. The van der Waals surface area contributed by atoms with Crippen molar-refractivity contribution in [2.24, 2.45) is 5.92 Å². The third-order valence-electron chi connectivity index (χ3n) is 6.38. The highest BCUT2D eigenvalue weighted by Crippen LogP contribution is 2.40. The summed E-state index contributed by atoms with van der Waals surface area (Å²) >= 11 is 6.08. The Bertz CT molecular complexity index is 1220. The highest BCUT2D eigenvalue weighted by atomic mass is 35.5. The number of hydrogen-bond donors (Lipinski definition) is 1. The number of anilines is 1. The summed E-state index contributed by atoms with van der Waals surface area (Å²) in [6.07, 6.45) is 0.961. The number of aromatic nitrogens is 1. The molecule has 1 aromatic heterocycles. The Morgan fingerprint density at radius 2 is 1.81 bits per heavy atom. The molecule has 1 fully saturated rings. The van der Waals surface area contributed by atoms with Gasteiger partial charge in [0, 0.05) is 47.9 Å². The van der Waals surface area contributed by atoms with E-state index in [-0.39, 0.29) is 23.4 Å². The Kier molecular flexibility index (Phi) is 5.39. The number of benzene rings is 2. The number of likely N-dealkylation sites (tertiary alicyclic amines) is 1. The number of para-hydroxylation sites is 2. The first kappa shape index (κ1) is 20.6. The highest BCUT2D eigenvalue weighted by molar-refractivity contribution is 6.30. The van der Waals surface area contributed by atoms with Gasteiger partial charge in [0.2, 0.25) is 0 Å². The van der Waals surface area contributed by atoms with Crippen molar-refractivity contribution in [2.75, 3.05) is 25.5 Å². The second-order valence-electron chi connectivity index (χ2n) is 8.42. The lowest BCUT2D eigenvalue weighted by molar-refractivity contribution is 0.140. The van der Waals surface area contributed by atoms with Crippen LogP contribution in [-0.4, -0.2) is 35.7 Å². The number of urea groups is 1. The molecule has 1 N–H and O–H groups in total. The predicted octanol–water partition coefficient (Wildman–Crippen LogP) is 4.83. The first-order chi connectivity index (χ1) is 15.5. The van der Waals surface area contributed by atoms with E-state index in [1.807, 2.05) is 64.1 Å². The second kappa shape index (κ2) is 8.36. The van der Waals surface area contributed by atoms with Gasteiger partial charge in [-0.2, -0.15) is 0 Å². The molecule has 5 rings (SSSR count). The summed E-state index contributed by atoms with van der Waals surface area (Å²) in [4.78, 5) is 27.7. The molecule has 2 unspecified atom stereocenters. The van der Waals surface area contributed by atoms with Crippen molar-refractivity contribution in [3.8, 4) is 16.9 Å². The lowest BCUT2D eigenvalue weighted by atomic mass is 9.80. The van der Waals surface area contributed by atoms with Gasteiger partial charge >= 0.3 is 6.03 Å². The average molecular weight is 450 g/mol. The van der Waals surface area contributed by atoms with Crippen LogP contribution in [0.4, 0.5) is 10.5 Å². The molecule has 3 heterocycles. The molecule has 2 atom stereocenters. The Morgan fingerprint density at radius 1 is 1.03 bits per heavy atom. The van der Waals surface area contributed by atoms with E-state index in [4.69, 9.17) is 16.3 Å². The quantitative estimate of drug-likeness (QED) is 0.623. The van der Waals surface area contributed by atoms with Crippen LogP contribution in [0, 0.1) is 5.92 Å². The zero-order valence-corrected chi connectivity index (χ0v) is 18.5. The molecule has 0 aliphatic carbocycles. The van der Waals surface area contributed by atoms with Gasteiger partial charge in [0.15, 0.2) is 0 Å². The van der Waals surface area contributed by atoms with Crippen LogP contribution in [0.25, 0.3) is 11.1 Å². The Morgan fingerprint density at radius 3 is 2.59 bits per heavy atom. The first-order valence-corrected chi connectivity index (χ1v) is 11.1. The summed E-state index contributed by atoms with van der Waals surface area (Å²) in [6, 6.07) is 18.4. The number of amides is 2. The SMILES string of the molecule is COc1ccccc1NC(=O)N1CC2CC(C1)c1c(-c3ccc(Cl)cc3)ccc(=O)n1C2. The summed E-state index contributed by atoms with van der Waals surface area (Å²) in [5.41, 5.74) is 3.71. The number of methoxy groups -OCH3 is 1. The fourth-order valence-corrected chi connectivity index (χ4v) is 5.12. The van der Waals surface area contributed by atoms with Crippen molar-refractivity contribution < 1.29 is 9.53 Å². The minimum absolute atomic E-state index is 0.0133. The normalized spacial score (nSPS) is 19.2. The molecule has 6 nitrogen and oxygen atoms in total. The van der Waals surface area contributed by atoms with Crippen LogP contribution in [0.2, 0.25) is 5.02 Å². The molecule has 1 saturated heterocycles. The van der Waals surface area contributed by atoms with Gasteiger partial charge in [0.1, 0.15) is 5.75 Å². The maximum absolute atomic E-state index is 13.1. The molecule has 164 valence electrons. The maximum Gasteiger partial charge on any atom is 0.321 e. The van der Waals surface area contributed by atoms with Gasteiger partial charge in [-0.3, -0.25) is 4.79 Å². The summed E-state index contributed by atoms with van der Waals surface area (Å²) in [5.74, 6) is 0.952. The van der Waals surface area contributed by atoms with E-state index in [1.165, 1.54) is 0 Å². The second-order valence-corrected chi connectivity index (χ2v) is 8.86. The molecule has 2 aliphatic rings. The van der Waals surface area contributed by atoms with Crippen LogP contribution in [0.15, 0.2) is 65.5 Å². The van der Waals surface area contributed by atoms with Crippen LogP contribution < -0.4 is 15.6 Å². The molecule has 2 amide bonds. The van der Waals surface area contributed by atoms with E-state index in [0.29, 0.717) is 36.1 Å². The van der Waals surface area contributed by atoms with Gasteiger partial charge in [0.25, 0.3) is 5.56 Å². The van der Waals surface area contributed by atoms with Crippen molar-refractivity contribution in [3.05, 3.63) is 81.7 Å². The Labute approximate surface area is 191 Å².